The van der Waals surface area contributed by atoms with E-state index >= 15 is 0 Å². The van der Waals surface area contributed by atoms with Crippen molar-refractivity contribution in [1.82, 2.24) is 9.55 Å². The van der Waals surface area contributed by atoms with Crippen LogP contribution in [0.3, 0.4) is 0 Å². The summed E-state index contributed by atoms with van der Waals surface area (Å²) in [6, 6.07) is 0. The number of ether oxygens (including phenoxy) is 1. The molecule has 2 atom stereocenters. The summed E-state index contributed by atoms with van der Waals surface area (Å²) in [5.74, 6) is 0.976. The molecule has 0 amide bonds. The highest BCUT2D eigenvalue weighted by Gasteiger charge is 2.56. The molecule has 2 fully saturated rings. The first-order valence-electron chi connectivity index (χ1n) is 8.37. The smallest absolute Gasteiger partial charge is 0.313 e. The summed E-state index contributed by atoms with van der Waals surface area (Å²) in [6.45, 7) is 6.09. The average molecular weight is 319 g/mol. The van der Waals surface area contributed by atoms with Gasteiger partial charge in [-0.25, -0.2) is 4.98 Å². The topological polar surface area (TPSA) is 64.4 Å². The number of hydrogen-bond donors (Lipinski definition) is 0. The highest BCUT2D eigenvalue weighted by atomic mass is 16.5. The largest absolute Gasteiger partial charge is 0.469 e. The van der Waals surface area contributed by atoms with Gasteiger partial charge in [0.15, 0.2) is 5.82 Å². The lowest BCUT2D eigenvalue weighted by molar-refractivity contribution is -0.152. The van der Waals surface area contributed by atoms with E-state index in [4.69, 9.17) is 4.74 Å². The second-order valence-corrected chi connectivity index (χ2v) is 7.22. The van der Waals surface area contributed by atoms with Crippen molar-refractivity contribution in [2.24, 2.45) is 17.3 Å². The van der Waals surface area contributed by atoms with Crippen molar-refractivity contribution in [2.75, 3.05) is 25.1 Å². The summed E-state index contributed by atoms with van der Waals surface area (Å²) < 4.78 is 6.77. The van der Waals surface area contributed by atoms with Crippen LogP contribution in [0.4, 0.5) is 5.82 Å². The third-order valence-corrected chi connectivity index (χ3v) is 5.22. The van der Waals surface area contributed by atoms with E-state index in [0.717, 1.165) is 19.3 Å². The SMILES string of the molecule is COC(=O)C12CCCC1CN(c1nccn(CC(C)C)c1=O)C2. The van der Waals surface area contributed by atoms with Gasteiger partial charge in [-0.2, -0.15) is 0 Å². The molecule has 2 heterocycles. The Labute approximate surface area is 136 Å². The summed E-state index contributed by atoms with van der Waals surface area (Å²) in [5.41, 5.74) is -0.525. The van der Waals surface area contributed by atoms with Crippen molar-refractivity contribution >= 4 is 11.8 Å². The van der Waals surface area contributed by atoms with E-state index in [0.29, 0.717) is 31.4 Å². The van der Waals surface area contributed by atoms with Crippen LogP contribution in [-0.4, -0.2) is 35.7 Å². The van der Waals surface area contributed by atoms with Gasteiger partial charge >= 0.3 is 5.97 Å². The molecule has 1 saturated heterocycles. The van der Waals surface area contributed by atoms with Crippen LogP contribution in [0.2, 0.25) is 0 Å². The lowest BCUT2D eigenvalue weighted by atomic mass is 9.81. The van der Waals surface area contributed by atoms with Gasteiger partial charge in [0.1, 0.15) is 0 Å². The maximum atomic E-state index is 12.7. The number of hydrogen-bond acceptors (Lipinski definition) is 5. The van der Waals surface area contributed by atoms with Gasteiger partial charge in [-0.15, -0.1) is 0 Å². The zero-order chi connectivity index (χ0) is 16.6. The second kappa shape index (κ2) is 5.98. The van der Waals surface area contributed by atoms with E-state index in [1.807, 2.05) is 4.90 Å². The van der Waals surface area contributed by atoms with Crippen molar-refractivity contribution in [1.29, 1.82) is 0 Å². The van der Waals surface area contributed by atoms with Crippen molar-refractivity contribution in [3.63, 3.8) is 0 Å². The molecular weight excluding hydrogens is 294 g/mol. The summed E-state index contributed by atoms with van der Waals surface area (Å²) in [7, 11) is 1.45. The Balaban J connectivity index is 1.90. The zero-order valence-electron chi connectivity index (χ0n) is 14.1. The van der Waals surface area contributed by atoms with Gasteiger partial charge in [0.05, 0.1) is 12.5 Å². The van der Waals surface area contributed by atoms with E-state index in [1.165, 1.54) is 7.11 Å². The Morgan fingerprint density at radius 1 is 1.52 bits per heavy atom. The molecule has 2 aliphatic rings. The van der Waals surface area contributed by atoms with Crippen molar-refractivity contribution in [3.05, 3.63) is 22.7 Å². The Bertz CT molecular complexity index is 655. The highest BCUT2D eigenvalue weighted by molar-refractivity contribution is 5.79. The number of carbonyl (C=O) groups excluding carboxylic acids is 1. The van der Waals surface area contributed by atoms with Crippen LogP contribution in [0, 0.1) is 17.3 Å². The summed E-state index contributed by atoms with van der Waals surface area (Å²) in [4.78, 5) is 31.3. The van der Waals surface area contributed by atoms with Crippen LogP contribution < -0.4 is 10.5 Å². The van der Waals surface area contributed by atoms with Crippen LogP contribution in [0.15, 0.2) is 17.2 Å². The Kier molecular flexibility index (Phi) is 4.17. The monoisotopic (exact) mass is 319 g/mol. The van der Waals surface area contributed by atoms with Crippen molar-refractivity contribution < 1.29 is 9.53 Å². The first-order valence-corrected chi connectivity index (χ1v) is 8.37. The molecule has 1 saturated carbocycles. The fourth-order valence-corrected chi connectivity index (χ4v) is 4.18. The van der Waals surface area contributed by atoms with Gasteiger partial charge in [-0.1, -0.05) is 20.3 Å². The fourth-order valence-electron chi connectivity index (χ4n) is 4.18. The van der Waals surface area contributed by atoms with Gasteiger partial charge in [0.2, 0.25) is 0 Å². The first-order chi connectivity index (χ1) is 11.0. The molecule has 0 spiro atoms. The third-order valence-electron chi connectivity index (χ3n) is 5.22. The predicted octanol–water partition coefficient (Wildman–Crippen LogP) is 1.68. The highest BCUT2D eigenvalue weighted by Crippen LogP contribution is 2.49. The van der Waals surface area contributed by atoms with Crippen LogP contribution >= 0.6 is 0 Å². The van der Waals surface area contributed by atoms with Gasteiger partial charge < -0.3 is 14.2 Å². The summed E-state index contributed by atoms with van der Waals surface area (Å²) in [5, 5.41) is 0. The molecule has 3 rings (SSSR count). The molecule has 23 heavy (non-hydrogen) atoms. The molecule has 2 unspecified atom stereocenters. The van der Waals surface area contributed by atoms with Gasteiger partial charge in [0.25, 0.3) is 5.56 Å². The zero-order valence-corrected chi connectivity index (χ0v) is 14.1. The Hall–Kier alpha value is -1.85. The van der Waals surface area contributed by atoms with Crippen molar-refractivity contribution in [3.8, 4) is 0 Å². The lowest BCUT2D eigenvalue weighted by Crippen LogP contribution is -2.38. The quantitative estimate of drug-likeness (QED) is 0.790. The summed E-state index contributed by atoms with van der Waals surface area (Å²) in [6.07, 6.45) is 6.32. The summed E-state index contributed by atoms with van der Waals surface area (Å²) >= 11 is 0. The lowest BCUT2D eigenvalue weighted by Gasteiger charge is -2.25. The third kappa shape index (κ3) is 2.64. The number of aromatic nitrogens is 2. The average Bonchev–Trinajstić information content (AvgIpc) is 3.06. The van der Waals surface area contributed by atoms with E-state index in [1.54, 1.807) is 17.0 Å². The molecule has 1 aliphatic carbocycles. The molecule has 6 heteroatoms. The maximum Gasteiger partial charge on any atom is 0.313 e. The Morgan fingerprint density at radius 3 is 3.00 bits per heavy atom. The molecule has 1 aromatic heterocycles. The molecule has 126 valence electrons. The minimum absolute atomic E-state index is 0.0683. The molecule has 0 N–H and O–H groups in total. The van der Waals surface area contributed by atoms with Crippen LogP contribution in [0.1, 0.15) is 33.1 Å². The van der Waals surface area contributed by atoms with Crippen molar-refractivity contribution in [2.45, 2.75) is 39.7 Å². The number of nitrogens with zero attached hydrogens (tertiary/aromatic N) is 3. The van der Waals surface area contributed by atoms with E-state index in [9.17, 15) is 9.59 Å². The molecule has 0 radical (unpaired) electrons. The van der Waals surface area contributed by atoms with Crippen LogP contribution in [-0.2, 0) is 16.1 Å². The maximum absolute atomic E-state index is 12.7. The van der Waals surface area contributed by atoms with E-state index in [-0.39, 0.29) is 17.4 Å². The van der Waals surface area contributed by atoms with Gasteiger partial charge in [-0.05, 0) is 24.7 Å². The number of esters is 1. The minimum Gasteiger partial charge on any atom is -0.469 e. The van der Waals surface area contributed by atoms with Crippen LogP contribution in [0.25, 0.3) is 0 Å². The second-order valence-electron chi connectivity index (χ2n) is 7.22. The Morgan fingerprint density at radius 2 is 2.30 bits per heavy atom. The number of rotatable bonds is 4. The molecule has 6 nitrogen and oxygen atoms in total. The minimum atomic E-state index is -0.457. The fraction of sp³-hybridized carbons (Fsp3) is 0.706. The molecular formula is C17H25N3O3. The number of carbonyl (C=O) groups is 1. The van der Waals surface area contributed by atoms with Gasteiger partial charge in [-0.3, -0.25) is 9.59 Å². The number of fused-ring (bicyclic) bond motifs is 1. The predicted molar refractivity (Wildman–Crippen MR) is 87.3 cm³/mol. The normalized spacial score (nSPS) is 26.6. The first kappa shape index (κ1) is 16.0. The number of methoxy groups -OCH3 is 1. The molecule has 1 aliphatic heterocycles. The van der Waals surface area contributed by atoms with E-state index < -0.39 is 5.41 Å². The number of anilines is 1. The van der Waals surface area contributed by atoms with Gasteiger partial charge in [0, 0.05) is 32.0 Å². The molecule has 0 bridgehead atoms. The standard InChI is InChI=1S/C17H25N3O3/c1-12(2)9-19-8-7-18-14(15(19)21)20-10-13-5-4-6-17(13,11-20)16(22)23-3/h7-8,12-13H,4-6,9-11H2,1-3H3. The molecule has 0 aromatic carbocycles. The molecule has 1 aromatic rings. The van der Waals surface area contributed by atoms with Crippen LogP contribution in [0.5, 0.6) is 0 Å². The van der Waals surface area contributed by atoms with E-state index in [2.05, 4.69) is 18.8 Å².